The van der Waals surface area contributed by atoms with Gasteiger partial charge < -0.3 is 14.3 Å². The average Bonchev–Trinajstić information content (AvgIpc) is 3.05. The molecular weight excluding hydrogens is 250 g/mol. The molecule has 0 aliphatic heterocycles. The van der Waals surface area contributed by atoms with Crippen molar-refractivity contribution in [3.05, 3.63) is 53.8 Å². The SMILES string of the molecule is CCn1ccnc1C(NC)c1cc2cc(C)ccc2o1. The number of hydrogen-bond donors (Lipinski definition) is 1. The van der Waals surface area contributed by atoms with E-state index in [1.165, 1.54) is 5.56 Å². The standard InChI is InChI=1S/C16H19N3O/c1-4-19-8-7-18-16(19)15(17-3)14-10-12-9-11(2)5-6-13(12)20-14/h5-10,15,17H,4H2,1-3H3. The smallest absolute Gasteiger partial charge is 0.134 e. The van der Waals surface area contributed by atoms with E-state index < -0.39 is 0 Å². The maximum atomic E-state index is 5.98. The number of furan rings is 1. The topological polar surface area (TPSA) is 43.0 Å². The second kappa shape index (κ2) is 5.13. The summed E-state index contributed by atoms with van der Waals surface area (Å²) in [6, 6.07) is 8.29. The molecule has 1 N–H and O–H groups in total. The molecule has 104 valence electrons. The summed E-state index contributed by atoms with van der Waals surface area (Å²) in [4.78, 5) is 4.46. The van der Waals surface area contributed by atoms with Gasteiger partial charge in [-0.2, -0.15) is 0 Å². The minimum atomic E-state index is -0.0299. The van der Waals surface area contributed by atoms with Crippen LogP contribution >= 0.6 is 0 Å². The molecule has 0 amide bonds. The van der Waals surface area contributed by atoms with Crippen molar-refractivity contribution < 1.29 is 4.42 Å². The van der Waals surface area contributed by atoms with Crippen molar-refractivity contribution in [3.63, 3.8) is 0 Å². The Morgan fingerprint density at radius 3 is 2.95 bits per heavy atom. The lowest BCUT2D eigenvalue weighted by molar-refractivity contribution is 0.466. The highest BCUT2D eigenvalue weighted by atomic mass is 16.3. The summed E-state index contributed by atoms with van der Waals surface area (Å²) in [6.45, 7) is 5.10. The third-order valence-electron chi connectivity index (χ3n) is 3.61. The second-order valence-electron chi connectivity index (χ2n) is 4.98. The third-order valence-corrected chi connectivity index (χ3v) is 3.61. The highest BCUT2D eigenvalue weighted by molar-refractivity contribution is 5.78. The van der Waals surface area contributed by atoms with Crippen LogP contribution in [0.1, 0.15) is 30.1 Å². The van der Waals surface area contributed by atoms with E-state index in [1.54, 1.807) is 0 Å². The summed E-state index contributed by atoms with van der Waals surface area (Å²) in [7, 11) is 1.93. The molecule has 20 heavy (non-hydrogen) atoms. The lowest BCUT2D eigenvalue weighted by Crippen LogP contribution is -2.21. The van der Waals surface area contributed by atoms with E-state index in [4.69, 9.17) is 4.42 Å². The van der Waals surface area contributed by atoms with Crippen molar-refractivity contribution in [2.24, 2.45) is 0 Å². The van der Waals surface area contributed by atoms with Crippen molar-refractivity contribution in [3.8, 4) is 0 Å². The average molecular weight is 269 g/mol. The van der Waals surface area contributed by atoms with Gasteiger partial charge in [-0.05, 0) is 39.1 Å². The van der Waals surface area contributed by atoms with Crippen molar-refractivity contribution in [1.29, 1.82) is 0 Å². The predicted octanol–water partition coefficient (Wildman–Crippen LogP) is 3.27. The van der Waals surface area contributed by atoms with Gasteiger partial charge in [0, 0.05) is 24.3 Å². The molecule has 4 heteroatoms. The van der Waals surface area contributed by atoms with Gasteiger partial charge >= 0.3 is 0 Å². The zero-order valence-electron chi connectivity index (χ0n) is 12.1. The minimum absolute atomic E-state index is 0.0299. The molecule has 0 bridgehead atoms. The van der Waals surface area contributed by atoms with E-state index in [0.29, 0.717) is 0 Å². The van der Waals surface area contributed by atoms with Crippen LogP contribution in [0.2, 0.25) is 0 Å². The number of aromatic nitrogens is 2. The van der Waals surface area contributed by atoms with Crippen LogP contribution in [0.4, 0.5) is 0 Å². The Morgan fingerprint density at radius 2 is 2.20 bits per heavy atom. The van der Waals surface area contributed by atoms with Crippen LogP contribution in [0.25, 0.3) is 11.0 Å². The number of hydrogen-bond acceptors (Lipinski definition) is 3. The van der Waals surface area contributed by atoms with Gasteiger partial charge in [-0.1, -0.05) is 11.6 Å². The quantitative estimate of drug-likeness (QED) is 0.790. The zero-order chi connectivity index (χ0) is 14.1. The van der Waals surface area contributed by atoms with E-state index in [2.05, 4.69) is 46.9 Å². The van der Waals surface area contributed by atoms with Gasteiger partial charge in [-0.3, -0.25) is 0 Å². The van der Waals surface area contributed by atoms with Gasteiger partial charge in [0.2, 0.25) is 0 Å². The Hall–Kier alpha value is -2.07. The molecule has 1 aromatic carbocycles. The monoisotopic (exact) mass is 269 g/mol. The van der Waals surface area contributed by atoms with Gasteiger partial charge in [-0.15, -0.1) is 0 Å². The van der Waals surface area contributed by atoms with Gasteiger partial charge in [0.1, 0.15) is 23.2 Å². The van der Waals surface area contributed by atoms with E-state index in [0.717, 1.165) is 29.1 Å². The molecular formula is C16H19N3O. The summed E-state index contributed by atoms with van der Waals surface area (Å²) in [5.41, 5.74) is 2.15. The number of nitrogens with zero attached hydrogens (tertiary/aromatic N) is 2. The maximum Gasteiger partial charge on any atom is 0.134 e. The summed E-state index contributed by atoms with van der Waals surface area (Å²) in [6.07, 6.45) is 3.82. The van der Waals surface area contributed by atoms with Gasteiger partial charge in [0.25, 0.3) is 0 Å². The van der Waals surface area contributed by atoms with Crippen LogP contribution in [-0.2, 0) is 6.54 Å². The fourth-order valence-electron chi connectivity index (χ4n) is 2.57. The number of imidazole rings is 1. The molecule has 0 aliphatic carbocycles. The first-order chi connectivity index (χ1) is 9.72. The number of fused-ring (bicyclic) bond motifs is 1. The van der Waals surface area contributed by atoms with Crippen LogP contribution in [0.5, 0.6) is 0 Å². The molecule has 3 rings (SSSR count). The number of aryl methyl sites for hydroxylation is 2. The predicted molar refractivity (Wildman–Crippen MR) is 79.8 cm³/mol. The number of nitrogens with one attached hydrogen (secondary N) is 1. The molecule has 2 heterocycles. The van der Waals surface area contributed by atoms with E-state index in [1.807, 2.05) is 25.5 Å². The number of rotatable bonds is 4. The Balaban J connectivity index is 2.07. The molecule has 2 aromatic heterocycles. The van der Waals surface area contributed by atoms with Crippen molar-refractivity contribution in [2.45, 2.75) is 26.4 Å². The van der Waals surface area contributed by atoms with Crippen molar-refractivity contribution in [1.82, 2.24) is 14.9 Å². The molecule has 0 saturated carbocycles. The molecule has 0 saturated heterocycles. The van der Waals surface area contributed by atoms with Gasteiger partial charge in [-0.25, -0.2) is 4.98 Å². The molecule has 0 radical (unpaired) electrons. The first-order valence-corrected chi connectivity index (χ1v) is 6.91. The van der Waals surface area contributed by atoms with Crippen molar-refractivity contribution >= 4 is 11.0 Å². The Kier molecular flexibility index (Phi) is 3.32. The van der Waals surface area contributed by atoms with Gasteiger partial charge in [0.05, 0.1) is 0 Å². The number of benzene rings is 1. The molecule has 1 atom stereocenters. The molecule has 1 unspecified atom stereocenters. The van der Waals surface area contributed by atoms with Crippen LogP contribution in [0.3, 0.4) is 0 Å². The van der Waals surface area contributed by atoms with E-state index in [-0.39, 0.29) is 6.04 Å². The lowest BCUT2D eigenvalue weighted by atomic mass is 10.1. The molecule has 0 aliphatic rings. The fraction of sp³-hybridized carbons (Fsp3) is 0.312. The lowest BCUT2D eigenvalue weighted by Gasteiger charge is -2.14. The highest BCUT2D eigenvalue weighted by Gasteiger charge is 2.21. The highest BCUT2D eigenvalue weighted by Crippen LogP contribution is 2.28. The summed E-state index contributed by atoms with van der Waals surface area (Å²) in [5.74, 6) is 1.87. The van der Waals surface area contributed by atoms with Crippen LogP contribution in [-0.4, -0.2) is 16.6 Å². The molecule has 0 spiro atoms. The Morgan fingerprint density at radius 1 is 1.35 bits per heavy atom. The largest absolute Gasteiger partial charge is 0.459 e. The van der Waals surface area contributed by atoms with Crippen molar-refractivity contribution in [2.75, 3.05) is 7.05 Å². The summed E-state index contributed by atoms with van der Waals surface area (Å²) >= 11 is 0. The molecule has 3 aromatic rings. The van der Waals surface area contributed by atoms with Crippen LogP contribution < -0.4 is 5.32 Å². The molecule has 0 fully saturated rings. The van der Waals surface area contributed by atoms with Gasteiger partial charge in [0.15, 0.2) is 0 Å². The zero-order valence-corrected chi connectivity index (χ0v) is 12.1. The second-order valence-corrected chi connectivity index (χ2v) is 4.98. The Bertz CT molecular complexity index is 726. The maximum absolute atomic E-state index is 5.98. The first kappa shape index (κ1) is 12.9. The summed E-state index contributed by atoms with van der Waals surface area (Å²) in [5, 5.41) is 4.43. The van der Waals surface area contributed by atoms with E-state index >= 15 is 0 Å². The fourth-order valence-corrected chi connectivity index (χ4v) is 2.57. The molecule has 4 nitrogen and oxygen atoms in total. The van der Waals surface area contributed by atoms with Crippen LogP contribution in [0.15, 0.2) is 41.1 Å². The van der Waals surface area contributed by atoms with Crippen LogP contribution in [0, 0.1) is 6.92 Å². The summed E-state index contributed by atoms with van der Waals surface area (Å²) < 4.78 is 8.11. The Labute approximate surface area is 118 Å². The normalized spacial score (nSPS) is 12.9. The third kappa shape index (κ3) is 2.12. The van der Waals surface area contributed by atoms with E-state index in [9.17, 15) is 0 Å². The first-order valence-electron chi connectivity index (χ1n) is 6.91. The minimum Gasteiger partial charge on any atom is -0.459 e.